The minimum absolute atomic E-state index is 0. The van der Waals surface area contributed by atoms with Gasteiger partial charge in [-0.15, -0.1) is 4.68 Å². The molecule has 16 heavy (non-hydrogen) atoms. The molecule has 0 aliphatic carbocycles. The predicted octanol–water partition coefficient (Wildman–Crippen LogP) is -2.52. The maximum Gasteiger partial charge on any atom is 0.350 e. The number of hydrogen-bond donors (Lipinski definition) is 1. The van der Waals surface area contributed by atoms with E-state index in [1.165, 1.54) is 4.68 Å². The molecule has 1 heterocycles. The molecule has 1 rings (SSSR count). The Labute approximate surface area is 109 Å². The molecule has 0 bridgehead atoms. The van der Waals surface area contributed by atoms with Crippen LogP contribution >= 0.6 is 11.6 Å². The molecular weight excluding hydrogens is 297 g/mol. The first-order chi connectivity index (χ1) is 7.04. The number of ether oxygens (including phenoxy) is 1. The average molecular weight is 311 g/mol. The molecule has 0 saturated carbocycles. The van der Waals surface area contributed by atoms with Crippen molar-refractivity contribution in [3.05, 3.63) is 16.8 Å². The van der Waals surface area contributed by atoms with Crippen molar-refractivity contribution in [2.24, 2.45) is 0 Å². The van der Waals surface area contributed by atoms with Gasteiger partial charge in [0.25, 0.3) is 5.82 Å². The Kier molecular flexibility index (Phi) is 6.28. The number of anilines is 1. The van der Waals surface area contributed by atoms with Gasteiger partial charge in [-0.05, 0) is 19.4 Å². The van der Waals surface area contributed by atoms with Crippen molar-refractivity contribution in [1.82, 2.24) is 5.10 Å². The lowest BCUT2D eigenvalue weighted by atomic mass is 10.3. The van der Waals surface area contributed by atoms with E-state index >= 15 is 0 Å². The Hall–Kier alpha value is -0.880. The molecule has 0 unspecified atom stereocenters. The molecule has 0 radical (unpaired) electrons. The number of carbonyl (C=O) groups excluding carboxylic acids is 1. The highest BCUT2D eigenvalue weighted by Crippen LogP contribution is 2.10. The Morgan fingerprint density at radius 2 is 2.31 bits per heavy atom. The zero-order valence-corrected chi connectivity index (χ0v) is 11.4. The highest BCUT2D eigenvalue weighted by atomic mass is 79.9. The summed E-state index contributed by atoms with van der Waals surface area (Å²) in [4.78, 5) is 11.2. The predicted molar refractivity (Wildman–Crippen MR) is 55.2 cm³/mol. The van der Waals surface area contributed by atoms with Crippen LogP contribution in [-0.4, -0.2) is 17.7 Å². The van der Waals surface area contributed by atoms with Crippen LogP contribution in [0.5, 0.6) is 0 Å². The summed E-state index contributed by atoms with van der Waals surface area (Å²) in [7, 11) is 0. The minimum atomic E-state index is -0.387. The van der Waals surface area contributed by atoms with Crippen LogP contribution in [0.1, 0.15) is 12.5 Å². The number of halogens is 2. The van der Waals surface area contributed by atoms with E-state index in [0.717, 1.165) is 5.56 Å². The number of carbonyl (C=O) groups is 1. The smallest absolute Gasteiger partial charge is 0.350 e. The molecule has 0 atom stereocenters. The van der Waals surface area contributed by atoms with Crippen molar-refractivity contribution in [2.75, 3.05) is 12.3 Å². The number of hydrogen-bond acceptors (Lipinski definition) is 4. The number of nitrogens with zero attached hydrogens (tertiary/aromatic N) is 2. The molecule has 5 nitrogen and oxygen atoms in total. The molecule has 1 aromatic rings. The van der Waals surface area contributed by atoms with Crippen molar-refractivity contribution < 1.29 is 31.2 Å². The van der Waals surface area contributed by atoms with Gasteiger partial charge in [0.2, 0.25) is 6.54 Å². The van der Waals surface area contributed by atoms with Crippen molar-refractivity contribution in [2.45, 2.75) is 20.4 Å². The second-order valence-corrected chi connectivity index (χ2v) is 3.36. The van der Waals surface area contributed by atoms with Crippen LogP contribution in [0.25, 0.3) is 0 Å². The van der Waals surface area contributed by atoms with E-state index in [9.17, 15) is 4.79 Å². The fraction of sp³-hybridized carbons (Fsp3) is 0.444. The van der Waals surface area contributed by atoms with Gasteiger partial charge >= 0.3 is 5.97 Å². The maximum absolute atomic E-state index is 11.2. The quantitative estimate of drug-likeness (QED) is 0.494. The Bertz CT molecular complexity index is 387. The van der Waals surface area contributed by atoms with Crippen LogP contribution in [0.15, 0.2) is 6.07 Å². The van der Waals surface area contributed by atoms with E-state index in [-0.39, 0.29) is 29.5 Å². The largest absolute Gasteiger partial charge is 1.00 e. The first-order valence-electron chi connectivity index (χ1n) is 4.53. The normalized spacial score (nSPS) is 9.44. The van der Waals surface area contributed by atoms with E-state index in [1.807, 2.05) is 0 Å². The summed E-state index contributed by atoms with van der Waals surface area (Å²) in [5, 5.41) is 4.28. The van der Waals surface area contributed by atoms with Crippen molar-refractivity contribution in [3.63, 3.8) is 0 Å². The SMILES string of the molecule is CCOC(=O)C[n+]1nc(Cl)c(C)cc1N.[Br-]. The molecule has 2 N–H and O–H groups in total. The Morgan fingerprint density at radius 1 is 1.69 bits per heavy atom. The molecule has 0 saturated heterocycles. The van der Waals surface area contributed by atoms with E-state index < -0.39 is 0 Å². The first-order valence-corrected chi connectivity index (χ1v) is 4.90. The van der Waals surface area contributed by atoms with Gasteiger partial charge in [-0.1, -0.05) is 16.7 Å². The van der Waals surface area contributed by atoms with Gasteiger partial charge in [0.1, 0.15) is 0 Å². The summed E-state index contributed by atoms with van der Waals surface area (Å²) in [5.41, 5.74) is 6.44. The van der Waals surface area contributed by atoms with E-state index in [0.29, 0.717) is 17.6 Å². The molecule has 0 fully saturated rings. The molecular formula is C9H13BrClN3O2. The second-order valence-electron chi connectivity index (χ2n) is 3.01. The summed E-state index contributed by atoms with van der Waals surface area (Å²) >= 11 is 5.81. The fourth-order valence-corrected chi connectivity index (χ4v) is 1.20. The summed E-state index contributed by atoms with van der Waals surface area (Å²) < 4.78 is 6.09. The van der Waals surface area contributed by atoms with Crippen molar-refractivity contribution >= 4 is 23.4 Å². The average Bonchev–Trinajstić information content (AvgIpc) is 2.14. The number of esters is 1. The lowest BCUT2D eigenvalue weighted by molar-refractivity contribution is -0.729. The number of aryl methyl sites for hydroxylation is 1. The second kappa shape index (κ2) is 6.65. The molecule has 0 aliphatic heterocycles. The zero-order valence-electron chi connectivity index (χ0n) is 9.04. The van der Waals surface area contributed by atoms with Crippen LogP contribution in [0, 0.1) is 6.92 Å². The van der Waals surface area contributed by atoms with Crippen LogP contribution < -0.4 is 27.4 Å². The fourth-order valence-electron chi connectivity index (χ4n) is 1.05. The highest BCUT2D eigenvalue weighted by Gasteiger charge is 2.14. The summed E-state index contributed by atoms with van der Waals surface area (Å²) in [6, 6.07) is 1.66. The van der Waals surface area contributed by atoms with Crippen LogP contribution in [0.2, 0.25) is 5.15 Å². The maximum atomic E-state index is 11.2. The zero-order chi connectivity index (χ0) is 11.4. The van der Waals surface area contributed by atoms with Gasteiger partial charge in [0, 0.05) is 6.07 Å². The molecule has 0 aliphatic rings. The lowest BCUT2D eigenvalue weighted by Crippen LogP contribution is -3.00. The molecule has 90 valence electrons. The molecule has 1 aromatic heterocycles. The number of aromatic nitrogens is 2. The third-order valence-electron chi connectivity index (χ3n) is 1.78. The lowest BCUT2D eigenvalue weighted by Gasteiger charge is -2.03. The number of rotatable bonds is 3. The van der Waals surface area contributed by atoms with Crippen molar-refractivity contribution in [1.29, 1.82) is 0 Å². The van der Waals surface area contributed by atoms with Crippen LogP contribution in [-0.2, 0) is 16.1 Å². The monoisotopic (exact) mass is 309 g/mol. The minimum Gasteiger partial charge on any atom is -1.00 e. The van der Waals surface area contributed by atoms with Crippen LogP contribution in [0.3, 0.4) is 0 Å². The van der Waals surface area contributed by atoms with Gasteiger partial charge in [-0.2, -0.15) is 0 Å². The van der Waals surface area contributed by atoms with E-state index in [1.54, 1.807) is 19.9 Å². The number of nitrogen functional groups attached to an aromatic ring is 1. The summed E-state index contributed by atoms with van der Waals surface area (Å²) in [6.45, 7) is 3.83. The summed E-state index contributed by atoms with van der Waals surface area (Å²) in [5.74, 6) is -0.00780. The third kappa shape index (κ3) is 3.94. The molecule has 0 aromatic carbocycles. The van der Waals surface area contributed by atoms with Gasteiger partial charge in [-0.25, -0.2) is 4.79 Å². The number of nitrogens with two attached hydrogens (primary N) is 1. The van der Waals surface area contributed by atoms with E-state index in [4.69, 9.17) is 22.1 Å². The molecule has 0 amide bonds. The van der Waals surface area contributed by atoms with Crippen LogP contribution in [0.4, 0.5) is 5.82 Å². The van der Waals surface area contributed by atoms with Gasteiger partial charge < -0.3 is 21.7 Å². The molecule has 7 heteroatoms. The van der Waals surface area contributed by atoms with Gasteiger partial charge in [0.05, 0.1) is 6.61 Å². The van der Waals surface area contributed by atoms with E-state index in [2.05, 4.69) is 5.10 Å². The Balaban J connectivity index is 0.00000225. The van der Waals surface area contributed by atoms with Gasteiger partial charge in [-0.3, -0.25) is 5.73 Å². The standard InChI is InChI=1S/C9H12ClN3O2.BrH/c1-3-15-8(14)5-13-7(11)4-6(2)9(10)12-13;/h4,11H,3,5H2,1-2H3;1H. The summed E-state index contributed by atoms with van der Waals surface area (Å²) in [6.07, 6.45) is 0. The topological polar surface area (TPSA) is 69.1 Å². The molecule has 0 spiro atoms. The van der Waals surface area contributed by atoms with Gasteiger partial charge in [0.15, 0.2) is 5.15 Å². The Morgan fingerprint density at radius 3 is 2.88 bits per heavy atom. The first kappa shape index (κ1) is 15.1. The highest BCUT2D eigenvalue weighted by molar-refractivity contribution is 6.30. The third-order valence-corrected chi connectivity index (χ3v) is 2.15. The van der Waals surface area contributed by atoms with Crippen molar-refractivity contribution in [3.8, 4) is 0 Å².